The second-order valence-electron chi connectivity index (χ2n) is 6.66. The first-order valence-corrected chi connectivity index (χ1v) is 8.87. The molecule has 0 amide bonds. The minimum absolute atomic E-state index is 0.716. The number of piperidine rings is 1. The molecule has 0 atom stereocenters. The van der Waals surface area contributed by atoms with E-state index in [4.69, 9.17) is 0 Å². The maximum atomic E-state index is 4.46. The van der Waals surface area contributed by atoms with E-state index in [0.717, 1.165) is 24.4 Å². The van der Waals surface area contributed by atoms with Gasteiger partial charge in [0.05, 0.1) is 6.54 Å². The SMILES string of the molecule is CC1CCN(CCCCCn2nnc(-c3ccccc3)n2)CC1. The zero-order valence-corrected chi connectivity index (χ0v) is 14.1. The summed E-state index contributed by atoms with van der Waals surface area (Å²) in [7, 11) is 0. The molecular weight excluding hydrogens is 286 g/mol. The highest BCUT2D eigenvalue weighted by atomic mass is 15.6. The van der Waals surface area contributed by atoms with Crippen LogP contribution in [0.1, 0.15) is 39.0 Å². The van der Waals surface area contributed by atoms with Crippen LogP contribution < -0.4 is 0 Å². The summed E-state index contributed by atoms with van der Waals surface area (Å²) in [6.45, 7) is 7.04. The number of likely N-dealkylation sites (tertiary alicyclic amines) is 1. The molecule has 124 valence electrons. The van der Waals surface area contributed by atoms with Gasteiger partial charge in [0.25, 0.3) is 0 Å². The Labute approximate surface area is 138 Å². The first-order chi connectivity index (χ1) is 11.3. The summed E-state index contributed by atoms with van der Waals surface area (Å²) in [5, 5.41) is 12.8. The zero-order valence-electron chi connectivity index (χ0n) is 14.1. The van der Waals surface area contributed by atoms with Crippen LogP contribution in [0, 0.1) is 5.92 Å². The van der Waals surface area contributed by atoms with Gasteiger partial charge in [-0.25, -0.2) is 0 Å². The van der Waals surface area contributed by atoms with Gasteiger partial charge < -0.3 is 4.90 Å². The van der Waals surface area contributed by atoms with Gasteiger partial charge in [0, 0.05) is 5.56 Å². The van der Waals surface area contributed by atoms with E-state index in [9.17, 15) is 0 Å². The number of aromatic nitrogens is 4. The number of rotatable bonds is 7. The first kappa shape index (κ1) is 16.1. The molecule has 5 nitrogen and oxygen atoms in total. The van der Waals surface area contributed by atoms with E-state index in [1.54, 1.807) is 4.80 Å². The van der Waals surface area contributed by atoms with E-state index in [-0.39, 0.29) is 0 Å². The van der Waals surface area contributed by atoms with Crippen LogP contribution in [-0.2, 0) is 6.54 Å². The van der Waals surface area contributed by atoms with Gasteiger partial charge in [0.15, 0.2) is 0 Å². The number of aryl methyl sites for hydroxylation is 1. The van der Waals surface area contributed by atoms with Gasteiger partial charge in [-0.05, 0) is 56.4 Å². The number of hydrogen-bond acceptors (Lipinski definition) is 4. The topological polar surface area (TPSA) is 46.8 Å². The lowest BCUT2D eigenvalue weighted by atomic mass is 9.99. The van der Waals surface area contributed by atoms with Gasteiger partial charge in [0.1, 0.15) is 0 Å². The van der Waals surface area contributed by atoms with Gasteiger partial charge >= 0.3 is 0 Å². The maximum absolute atomic E-state index is 4.46. The molecule has 5 heteroatoms. The van der Waals surface area contributed by atoms with E-state index >= 15 is 0 Å². The van der Waals surface area contributed by atoms with Crippen molar-refractivity contribution in [3.05, 3.63) is 30.3 Å². The molecule has 0 N–H and O–H groups in total. The minimum Gasteiger partial charge on any atom is -0.303 e. The minimum atomic E-state index is 0.716. The lowest BCUT2D eigenvalue weighted by Gasteiger charge is -2.30. The molecule has 1 aliphatic rings. The first-order valence-electron chi connectivity index (χ1n) is 8.87. The maximum Gasteiger partial charge on any atom is 0.204 e. The fourth-order valence-corrected chi connectivity index (χ4v) is 3.09. The van der Waals surface area contributed by atoms with Crippen LogP contribution in [0.5, 0.6) is 0 Å². The zero-order chi connectivity index (χ0) is 15.9. The molecule has 1 aliphatic heterocycles. The summed E-state index contributed by atoms with van der Waals surface area (Å²) >= 11 is 0. The number of unbranched alkanes of at least 4 members (excludes halogenated alkanes) is 2. The smallest absolute Gasteiger partial charge is 0.204 e. The normalized spacial score (nSPS) is 16.7. The Morgan fingerprint density at radius 2 is 1.74 bits per heavy atom. The van der Waals surface area contributed by atoms with Crippen LogP contribution in [0.4, 0.5) is 0 Å². The average molecular weight is 313 g/mol. The lowest BCUT2D eigenvalue weighted by Crippen LogP contribution is -2.33. The van der Waals surface area contributed by atoms with E-state index in [1.165, 1.54) is 45.3 Å². The van der Waals surface area contributed by atoms with Crippen LogP contribution in [0.2, 0.25) is 0 Å². The van der Waals surface area contributed by atoms with Gasteiger partial charge in [-0.1, -0.05) is 43.7 Å². The lowest BCUT2D eigenvalue weighted by molar-refractivity contribution is 0.189. The van der Waals surface area contributed by atoms with Crippen molar-refractivity contribution in [2.75, 3.05) is 19.6 Å². The van der Waals surface area contributed by atoms with Crippen molar-refractivity contribution in [1.29, 1.82) is 0 Å². The average Bonchev–Trinajstić information content (AvgIpc) is 3.06. The number of nitrogens with zero attached hydrogens (tertiary/aromatic N) is 5. The van der Waals surface area contributed by atoms with Gasteiger partial charge in [-0.2, -0.15) is 4.80 Å². The van der Waals surface area contributed by atoms with Crippen molar-refractivity contribution in [1.82, 2.24) is 25.1 Å². The third-order valence-electron chi connectivity index (χ3n) is 4.69. The van der Waals surface area contributed by atoms with Crippen molar-refractivity contribution in [2.45, 2.75) is 45.6 Å². The number of hydrogen-bond donors (Lipinski definition) is 0. The Hall–Kier alpha value is -1.75. The highest BCUT2D eigenvalue weighted by Crippen LogP contribution is 2.16. The molecule has 1 fully saturated rings. The Morgan fingerprint density at radius 1 is 1.00 bits per heavy atom. The van der Waals surface area contributed by atoms with Crippen LogP contribution in [0.25, 0.3) is 11.4 Å². The predicted octanol–water partition coefficient (Wildman–Crippen LogP) is 3.24. The highest BCUT2D eigenvalue weighted by molar-refractivity contribution is 5.52. The summed E-state index contributed by atoms with van der Waals surface area (Å²) in [6, 6.07) is 10.0. The number of benzene rings is 1. The molecule has 0 radical (unpaired) electrons. The molecule has 0 bridgehead atoms. The molecule has 3 rings (SSSR count). The van der Waals surface area contributed by atoms with Crippen molar-refractivity contribution in [3.63, 3.8) is 0 Å². The quantitative estimate of drug-likeness (QED) is 0.736. The molecule has 23 heavy (non-hydrogen) atoms. The fourth-order valence-electron chi connectivity index (χ4n) is 3.09. The Balaban J connectivity index is 1.34. The van der Waals surface area contributed by atoms with E-state index in [2.05, 4.69) is 27.2 Å². The van der Waals surface area contributed by atoms with Crippen molar-refractivity contribution in [2.24, 2.45) is 5.92 Å². The summed E-state index contributed by atoms with van der Waals surface area (Å²) in [5.41, 5.74) is 1.03. The van der Waals surface area contributed by atoms with Crippen LogP contribution in [0.15, 0.2) is 30.3 Å². The molecule has 0 aliphatic carbocycles. The molecule has 0 unspecified atom stereocenters. The number of tetrazole rings is 1. The van der Waals surface area contributed by atoms with E-state index in [0.29, 0.717) is 5.82 Å². The second-order valence-corrected chi connectivity index (χ2v) is 6.66. The van der Waals surface area contributed by atoms with Gasteiger partial charge in [0.2, 0.25) is 5.82 Å². The highest BCUT2D eigenvalue weighted by Gasteiger charge is 2.14. The van der Waals surface area contributed by atoms with E-state index < -0.39 is 0 Å². The van der Waals surface area contributed by atoms with E-state index in [1.807, 2.05) is 30.3 Å². The van der Waals surface area contributed by atoms with Gasteiger partial charge in [-0.3, -0.25) is 0 Å². The van der Waals surface area contributed by atoms with Crippen molar-refractivity contribution in [3.8, 4) is 11.4 Å². The second kappa shape index (κ2) is 8.20. The Bertz CT molecular complexity index is 572. The van der Waals surface area contributed by atoms with Crippen LogP contribution in [0.3, 0.4) is 0 Å². The molecule has 1 aromatic heterocycles. The molecule has 1 saturated heterocycles. The monoisotopic (exact) mass is 313 g/mol. The van der Waals surface area contributed by atoms with Crippen molar-refractivity contribution < 1.29 is 0 Å². The van der Waals surface area contributed by atoms with Crippen LogP contribution in [-0.4, -0.2) is 44.7 Å². The summed E-state index contributed by atoms with van der Waals surface area (Å²) in [4.78, 5) is 4.34. The molecule has 2 aromatic rings. The largest absolute Gasteiger partial charge is 0.303 e. The third-order valence-corrected chi connectivity index (χ3v) is 4.69. The fraction of sp³-hybridized carbons (Fsp3) is 0.611. The molecular formula is C18H27N5. The summed E-state index contributed by atoms with van der Waals surface area (Å²) < 4.78 is 0. The molecule has 0 spiro atoms. The standard InChI is InChI=1S/C18H27N5/c1-16-10-14-22(15-11-16)12-6-3-7-13-23-20-18(19-21-23)17-8-4-2-5-9-17/h2,4-5,8-9,16H,3,6-7,10-15H2,1H3. The molecule has 1 aromatic carbocycles. The molecule has 0 saturated carbocycles. The van der Waals surface area contributed by atoms with Crippen LogP contribution >= 0.6 is 0 Å². The summed E-state index contributed by atoms with van der Waals surface area (Å²) in [5.74, 6) is 1.64. The Kier molecular flexibility index (Phi) is 5.75. The summed E-state index contributed by atoms with van der Waals surface area (Å²) in [6.07, 6.45) is 6.36. The predicted molar refractivity (Wildman–Crippen MR) is 91.9 cm³/mol. The van der Waals surface area contributed by atoms with Gasteiger partial charge in [-0.15, -0.1) is 10.2 Å². The Morgan fingerprint density at radius 3 is 2.52 bits per heavy atom. The third kappa shape index (κ3) is 4.86. The van der Waals surface area contributed by atoms with Crippen molar-refractivity contribution >= 4 is 0 Å². The molecule has 2 heterocycles.